The van der Waals surface area contributed by atoms with Crippen molar-refractivity contribution in [1.29, 1.82) is 0 Å². The minimum Gasteiger partial charge on any atom is -0.378 e. The number of hydrogen-bond acceptors (Lipinski definition) is 7. The number of hydrogen-bond donors (Lipinski definition) is 3. The predicted molar refractivity (Wildman–Crippen MR) is 126 cm³/mol. The zero-order valence-corrected chi connectivity index (χ0v) is 18.6. The molecule has 0 spiro atoms. The highest BCUT2D eigenvalue weighted by molar-refractivity contribution is 5.98. The number of halogens is 1. The summed E-state index contributed by atoms with van der Waals surface area (Å²) < 4.78 is 5.30. The van der Waals surface area contributed by atoms with Crippen molar-refractivity contribution >= 4 is 41.3 Å². The SMILES string of the molecule is Cl.NC(=O)c1ncc(N2CCC[C@@H](N)C2)cc1Nc1ccc(C(=O)N2CCOCC2)cc1. The Morgan fingerprint density at radius 2 is 1.84 bits per heavy atom. The Balaban J connectivity index is 0.00000289. The fourth-order valence-corrected chi connectivity index (χ4v) is 3.96. The molecular formula is C22H29ClN6O3. The van der Waals surface area contributed by atoms with Gasteiger partial charge in [-0.1, -0.05) is 0 Å². The van der Waals surface area contributed by atoms with Gasteiger partial charge in [0.1, 0.15) is 0 Å². The summed E-state index contributed by atoms with van der Waals surface area (Å²) in [7, 11) is 0. The van der Waals surface area contributed by atoms with Crippen LogP contribution >= 0.6 is 12.4 Å². The number of aromatic nitrogens is 1. The lowest BCUT2D eigenvalue weighted by Crippen LogP contribution is -2.42. The number of piperidine rings is 1. The second-order valence-electron chi connectivity index (χ2n) is 7.91. The molecule has 0 unspecified atom stereocenters. The molecule has 2 saturated heterocycles. The van der Waals surface area contributed by atoms with Crippen LogP contribution in [0.25, 0.3) is 0 Å². The molecule has 2 amide bonds. The van der Waals surface area contributed by atoms with Crippen LogP contribution in [-0.4, -0.2) is 67.1 Å². The highest BCUT2D eigenvalue weighted by atomic mass is 35.5. The molecule has 1 aromatic heterocycles. The number of ether oxygens (including phenoxy) is 1. The zero-order valence-electron chi connectivity index (χ0n) is 17.8. The number of morpholine rings is 1. The second kappa shape index (κ2) is 10.6. The standard InChI is InChI=1S/C22H28N6O3.ClH/c23-16-2-1-7-28(14-16)18-12-19(20(21(24)29)25-13-18)26-17-5-3-15(4-6-17)22(30)27-8-10-31-11-9-27;/h3-6,12-13,16,26H,1-2,7-11,14,23H2,(H2,24,29);1H/t16-;/m1./s1. The van der Waals surface area contributed by atoms with Gasteiger partial charge in [0.25, 0.3) is 11.8 Å². The summed E-state index contributed by atoms with van der Waals surface area (Å²) in [5.74, 6) is -0.624. The number of carbonyl (C=O) groups excluding carboxylic acids is 2. The molecule has 2 fully saturated rings. The summed E-state index contributed by atoms with van der Waals surface area (Å²) in [5.41, 5.74) is 14.6. The van der Waals surface area contributed by atoms with E-state index in [1.54, 1.807) is 23.2 Å². The zero-order chi connectivity index (χ0) is 21.8. The largest absolute Gasteiger partial charge is 0.378 e. The molecule has 0 saturated carbocycles. The van der Waals surface area contributed by atoms with E-state index < -0.39 is 5.91 Å². The van der Waals surface area contributed by atoms with E-state index in [0.717, 1.165) is 37.3 Å². The van der Waals surface area contributed by atoms with E-state index in [2.05, 4.69) is 15.2 Å². The van der Waals surface area contributed by atoms with E-state index in [9.17, 15) is 9.59 Å². The molecule has 10 heteroatoms. The van der Waals surface area contributed by atoms with Gasteiger partial charge in [0.05, 0.1) is 30.8 Å². The van der Waals surface area contributed by atoms with Crippen LogP contribution in [0, 0.1) is 0 Å². The molecule has 2 aromatic rings. The number of anilines is 3. The quantitative estimate of drug-likeness (QED) is 0.620. The summed E-state index contributed by atoms with van der Waals surface area (Å²) in [6, 6.07) is 9.15. The molecule has 32 heavy (non-hydrogen) atoms. The lowest BCUT2D eigenvalue weighted by molar-refractivity contribution is 0.0303. The number of carbonyl (C=O) groups is 2. The first-order chi connectivity index (χ1) is 15.0. The maximum Gasteiger partial charge on any atom is 0.269 e. The maximum atomic E-state index is 12.6. The minimum atomic E-state index is -0.608. The average molecular weight is 461 g/mol. The van der Waals surface area contributed by atoms with E-state index in [0.29, 0.717) is 37.6 Å². The van der Waals surface area contributed by atoms with E-state index in [4.69, 9.17) is 16.2 Å². The summed E-state index contributed by atoms with van der Waals surface area (Å²) in [6.45, 7) is 3.95. The highest BCUT2D eigenvalue weighted by Gasteiger charge is 2.21. The Morgan fingerprint density at radius 3 is 2.50 bits per heavy atom. The van der Waals surface area contributed by atoms with Crippen molar-refractivity contribution < 1.29 is 14.3 Å². The molecule has 1 aromatic carbocycles. The second-order valence-corrected chi connectivity index (χ2v) is 7.91. The smallest absolute Gasteiger partial charge is 0.269 e. The van der Waals surface area contributed by atoms with Crippen molar-refractivity contribution in [2.45, 2.75) is 18.9 Å². The number of benzene rings is 1. The van der Waals surface area contributed by atoms with Crippen LogP contribution in [0.4, 0.5) is 17.1 Å². The first-order valence-electron chi connectivity index (χ1n) is 10.6. The molecular weight excluding hydrogens is 432 g/mol. The third-order valence-corrected chi connectivity index (χ3v) is 5.64. The molecule has 9 nitrogen and oxygen atoms in total. The number of rotatable bonds is 5. The van der Waals surface area contributed by atoms with Gasteiger partial charge >= 0.3 is 0 Å². The van der Waals surface area contributed by atoms with Crippen LogP contribution in [0.15, 0.2) is 36.5 Å². The molecule has 0 aliphatic carbocycles. The number of pyridine rings is 1. The third kappa shape index (κ3) is 5.48. The Bertz CT molecular complexity index is 949. The molecule has 172 valence electrons. The van der Waals surface area contributed by atoms with Crippen molar-refractivity contribution in [3.8, 4) is 0 Å². The van der Waals surface area contributed by atoms with E-state index >= 15 is 0 Å². The Kier molecular flexibility index (Phi) is 7.89. The van der Waals surface area contributed by atoms with Gasteiger partial charge in [-0.15, -0.1) is 12.4 Å². The van der Waals surface area contributed by atoms with Crippen molar-refractivity contribution in [1.82, 2.24) is 9.88 Å². The number of primary amides is 1. The van der Waals surface area contributed by atoms with Gasteiger partial charge in [-0.2, -0.15) is 0 Å². The van der Waals surface area contributed by atoms with Gasteiger partial charge in [0.2, 0.25) is 0 Å². The van der Waals surface area contributed by atoms with Crippen LogP contribution < -0.4 is 21.7 Å². The molecule has 0 bridgehead atoms. The molecule has 5 N–H and O–H groups in total. The van der Waals surface area contributed by atoms with Crippen molar-refractivity contribution in [2.24, 2.45) is 11.5 Å². The fraction of sp³-hybridized carbons (Fsp3) is 0.409. The monoisotopic (exact) mass is 460 g/mol. The molecule has 3 heterocycles. The van der Waals surface area contributed by atoms with Crippen molar-refractivity contribution in [3.63, 3.8) is 0 Å². The van der Waals surface area contributed by atoms with Crippen LogP contribution in [0.2, 0.25) is 0 Å². The third-order valence-electron chi connectivity index (χ3n) is 5.64. The van der Waals surface area contributed by atoms with Crippen LogP contribution in [-0.2, 0) is 4.74 Å². The average Bonchev–Trinajstić information content (AvgIpc) is 2.79. The summed E-state index contributed by atoms with van der Waals surface area (Å²) in [6.07, 6.45) is 3.68. The maximum absolute atomic E-state index is 12.6. The van der Waals surface area contributed by atoms with Crippen LogP contribution in [0.3, 0.4) is 0 Å². The molecule has 2 aliphatic rings. The fourth-order valence-electron chi connectivity index (χ4n) is 3.96. The minimum absolute atomic E-state index is 0. The van der Waals surface area contributed by atoms with Gasteiger partial charge in [-0.25, -0.2) is 4.98 Å². The van der Waals surface area contributed by atoms with Gasteiger partial charge in [0.15, 0.2) is 5.69 Å². The van der Waals surface area contributed by atoms with E-state index in [1.807, 2.05) is 18.2 Å². The number of nitrogens with one attached hydrogen (secondary N) is 1. The summed E-state index contributed by atoms with van der Waals surface area (Å²) in [4.78, 5) is 32.8. The van der Waals surface area contributed by atoms with Gasteiger partial charge in [-0.05, 0) is 43.2 Å². The van der Waals surface area contributed by atoms with E-state index in [1.165, 1.54) is 0 Å². The van der Waals surface area contributed by atoms with Crippen LogP contribution in [0.1, 0.15) is 33.7 Å². The Hall–Kier alpha value is -2.88. The van der Waals surface area contributed by atoms with Crippen molar-refractivity contribution in [3.05, 3.63) is 47.8 Å². The lowest BCUT2D eigenvalue weighted by Gasteiger charge is -2.32. The Labute approximate surface area is 193 Å². The summed E-state index contributed by atoms with van der Waals surface area (Å²) in [5, 5.41) is 3.22. The molecule has 1 atom stereocenters. The summed E-state index contributed by atoms with van der Waals surface area (Å²) >= 11 is 0. The molecule has 4 rings (SSSR count). The van der Waals surface area contributed by atoms with Crippen molar-refractivity contribution in [2.75, 3.05) is 49.6 Å². The van der Waals surface area contributed by atoms with Gasteiger partial charge in [-0.3, -0.25) is 9.59 Å². The lowest BCUT2D eigenvalue weighted by atomic mass is 10.1. The van der Waals surface area contributed by atoms with Gasteiger partial charge < -0.3 is 31.3 Å². The highest BCUT2D eigenvalue weighted by Crippen LogP contribution is 2.27. The molecule has 2 aliphatic heterocycles. The first-order valence-corrected chi connectivity index (χ1v) is 10.6. The molecule has 0 radical (unpaired) electrons. The number of nitrogens with zero attached hydrogens (tertiary/aromatic N) is 3. The first kappa shape index (κ1) is 23.8. The number of nitrogens with two attached hydrogens (primary N) is 2. The topological polar surface area (TPSA) is 127 Å². The predicted octanol–water partition coefficient (Wildman–Crippen LogP) is 1.75. The van der Waals surface area contributed by atoms with Crippen LogP contribution in [0.5, 0.6) is 0 Å². The van der Waals surface area contributed by atoms with Gasteiger partial charge in [0, 0.05) is 43.5 Å². The Morgan fingerprint density at radius 1 is 1.12 bits per heavy atom. The normalized spacial score (nSPS) is 18.6. The van der Waals surface area contributed by atoms with E-state index in [-0.39, 0.29) is 30.0 Å². The number of amides is 2.